The Labute approximate surface area is 114 Å². The second kappa shape index (κ2) is 5.62. The Morgan fingerprint density at radius 1 is 1.21 bits per heavy atom. The van der Waals surface area contributed by atoms with Crippen LogP contribution < -0.4 is 10.6 Å². The molecule has 1 heterocycles. The molecule has 0 aliphatic rings. The van der Waals surface area contributed by atoms with E-state index in [1.165, 1.54) is 18.3 Å². The Kier molecular flexibility index (Phi) is 3.91. The zero-order valence-corrected chi connectivity index (χ0v) is 11.4. The number of nitrogens with zero attached hydrogens (tertiary/aromatic N) is 1. The van der Waals surface area contributed by atoms with Crippen LogP contribution in [-0.4, -0.2) is 16.8 Å². The number of carbonyl (C=O) groups is 2. The SMILES string of the molecule is CC(=O)Nc1cccc(NC(=O)c2cnc(C)s2)c1. The van der Waals surface area contributed by atoms with Gasteiger partial charge in [-0.25, -0.2) is 4.98 Å². The Morgan fingerprint density at radius 2 is 1.89 bits per heavy atom. The highest BCUT2D eigenvalue weighted by molar-refractivity contribution is 7.13. The van der Waals surface area contributed by atoms with Crippen molar-refractivity contribution in [2.75, 3.05) is 10.6 Å². The van der Waals surface area contributed by atoms with Crippen LogP contribution in [0.25, 0.3) is 0 Å². The van der Waals surface area contributed by atoms with Crippen molar-refractivity contribution in [1.29, 1.82) is 0 Å². The minimum atomic E-state index is -0.203. The molecule has 98 valence electrons. The van der Waals surface area contributed by atoms with Crippen LogP contribution in [0.4, 0.5) is 11.4 Å². The number of rotatable bonds is 3. The molecule has 0 bridgehead atoms. The largest absolute Gasteiger partial charge is 0.326 e. The third-order valence-electron chi connectivity index (χ3n) is 2.29. The third kappa shape index (κ3) is 3.62. The predicted octanol–water partition coefficient (Wildman–Crippen LogP) is 2.66. The summed E-state index contributed by atoms with van der Waals surface area (Å²) in [6, 6.07) is 6.98. The van der Waals surface area contributed by atoms with Crippen LogP contribution in [-0.2, 0) is 4.79 Å². The molecule has 0 fully saturated rings. The number of carbonyl (C=O) groups excluding carboxylic acids is 2. The number of benzene rings is 1. The van der Waals surface area contributed by atoms with E-state index in [9.17, 15) is 9.59 Å². The van der Waals surface area contributed by atoms with E-state index in [0.29, 0.717) is 16.3 Å². The summed E-state index contributed by atoms with van der Waals surface area (Å²) in [5, 5.41) is 6.27. The predicted molar refractivity (Wildman–Crippen MR) is 75.5 cm³/mol. The topological polar surface area (TPSA) is 71.1 Å². The highest BCUT2D eigenvalue weighted by atomic mass is 32.1. The van der Waals surface area contributed by atoms with Crippen LogP contribution >= 0.6 is 11.3 Å². The maximum atomic E-state index is 11.9. The van der Waals surface area contributed by atoms with Crippen molar-refractivity contribution in [3.05, 3.63) is 40.3 Å². The van der Waals surface area contributed by atoms with Gasteiger partial charge in [-0.1, -0.05) is 6.07 Å². The van der Waals surface area contributed by atoms with E-state index in [0.717, 1.165) is 5.01 Å². The zero-order chi connectivity index (χ0) is 13.8. The van der Waals surface area contributed by atoms with Crippen LogP contribution in [0.3, 0.4) is 0 Å². The lowest BCUT2D eigenvalue weighted by Gasteiger charge is -2.06. The number of anilines is 2. The van der Waals surface area contributed by atoms with E-state index in [1.54, 1.807) is 30.5 Å². The molecule has 0 spiro atoms. The molecule has 0 atom stereocenters. The molecule has 2 rings (SSSR count). The number of hydrogen-bond donors (Lipinski definition) is 2. The average molecular weight is 275 g/mol. The fraction of sp³-hybridized carbons (Fsp3) is 0.154. The highest BCUT2D eigenvalue weighted by Gasteiger charge is 2.09. The molecular formula is C13H13N3O2S. The van der Waals surface area contributed by atoms with Crippen molar-refractivity contribution in [2.24, 2.45) is 0 Å². The van der Waals surface area contributed by atoms with Gasteiger partial charge in [0.05, 0.1) is 11.2 Å². The van der Waals surface area contributed by atoms with Crippen molar-refractivity contribution >= 4 is 34.5 Å². The molecule has 0 aliphatic carbocycles. The maximum absolute atomic E-state index is 11.9. The standard InChI is InChI=1S/C13H13N3O2S/c1-8(17)15-10-4-3-5-11(6-10)16-13(18)12-7-14-9(2)19-12/h3-7H,1-2H3,(H,15,17)(H,16,18). The summed E-state index contributed by atoms with van der Waals surface area (Å²) in [6.07, 6.45) is 1.55. The summed E-state index contributed by atoms with van der Waals surface area (Å²) in [5.41, 5.74) is 1.27. The molecule has 0 aliphatic heterocycles. The molecule has 0 saturated heterocycles. The maximum Gasteiger partial charge on any atom is 0.267 e. The van der Waals surface area contributed by atoms with Crippen LogP contribution in [0.2, 0.25) is 0 Å². The normalized spacial score (nSPS) is 10.0. The fourth-order valence-electron chi connectivity index (χ4n) is 1.54. The number of nitrogens with one attached hydrogen (secondary N) is 2. The van der Waals surface area contributed by atoms with E-state index in [-0.39, 0.29) is 11.8 Å². The lowest BCUT2D eigenvalue weighted by atomic mass is 10.2. The summed E-state index contributed by atoms with van der Waals surface area (Å²) >= 11 is 1.34. The van der Waals surface area contributed by atoms with Crippen molar-refractivity contribution in [2.45, 2.75) is 13.8 Å². The average Bonchev–Trinajstić information content (AvgIpc) is 2.75. The number of aryl methyl sites for hydroxylation is 1. The number of thiazole rings is 1. The molecule has 2 amide bonds. The molecule has 2 aromatic rings. The Bertz CT molecular complexity index is 622. The van der Waals surface area contributed by atoms with Gasteiger partial charge in [-0.05, 0) is 25.1 Å². The summed E-state index contributed by atoms with van der Waals surface area (Å²) in [6.45, 7) is 3.28. The lowest BCUT2D eigenvalue weighted by molar-refractivity contribution is -0.114. The highest BCUT2D eigenvalue weighted by Crippen LogP contribution is 2.18. The van der Waals surface area contributed by atoms with Gasteiger partial charge < -0.3 is 10.6 Å². The molecule has 6 heteroatoms. The molecule has 0 radical (unpaired) electrons. The summed E-state index contributed by atoms with van der Waals surface area (Å²) < 4.78 is 0. The lowest BCUT2D eigenvalue weighted by Crippen LogP contribution is -2.11. The first-order chi connectivity index (χ1) is 9.04. The van der Waals surface area contributed by atoms with Crippen molar-refractivity contribution in [3.8, 4) is 0 Å². The monoisotopic (exact) mass is 275 g/mol. The molecule has 1 aromatic heterocycles. The summed E-state index contributed by atoms with van der Waals surface area (Å²) in [7, 11) is 0. The van der Waals surface area contributed by atoms with Gasteiger partial charge in [-0.15, -0.1) is 11.3 Å². The van der Waals surface area contributed by atoms with E-state index in [1.807, 2.05) is 6.92 Å². The molecular weight excluding hydrogens is 262 g/mol. The fourth-order valence-corrected chi connectivity index (χ4v) is 2.21. The van der Waals surface area contributed by atoms with Crippen LogP contribution in [0, 0.1) is 6.92 Å². The van der Waals surface area contributed by atoms with Gasteiger partial charge in [-0.2, -0.15) is 0 Å². The van der Waals surface area contributed by atoms with Gasteiger partial charge in [0.15, 0.2) is 0 Å². The molecule has 0 saturated carbocycles. The van der Waals surface area contributed by atoms with Gasteiger partial charge in [0.1, 0.15) is 4.88 Å². The number of aromatic nitrogens is 1. The molecule has 2 N–H and O–H groups in total. The molecule has 1 aromatic carbocycles. The minimum Gasteiger partial charge on any atom is -0.326 e. The van der Waals surface area contributed by atoms with E-state index in [4.69, 9.17) is 0 Å². The quantitative estimate of drug-likeness (QED) is 0.904. The van der Waals surface area contributed by atoms with Gasteiger partial charge in [0, 0.05) is 18.3 Å². The zero-order valence-electron chi connectivity index (χ0n) is 10.6. The molecule has 19 heavy (non-hydrogen) atoms. The van der Waals surface area contributed by atoms with Crippen LogP contribution in [0.1, 0.15) is 21.6 Å². The Hall–Kier alpha value is -2.21. The van der Waals surface area contributed by atoms with E-state index < -0.39 is 0 Å². The van der Waals surface area contributed by atoms with Gasteiger partial charge in [-0.3, -0.25) is 9.59 Å². The van der Waals surface area contributed by atoms with Crippen LogP contribution in [0.5, 0.6) is 0 Å². The summed E-state index contributed by atoms with van der Waals surface area (Å²) in [4.78, 5) is 27.5. The first-order valence-corrected chi connectivity index (χ1v) is 6.47. The van der Waals surface area contributed by atoms with Gasteiger partial charge in [0.25, 0.3) is 5.91 Å². The molecule has 0 unspecified atom stereocenters. The Balaban J connectivity index is 2.10. The second-order valence-electron chi connectivity index (χ2n) is 3.96. The summed E-state index contributed by atoms with van der Waals surface area (Å²) in [5.74, 6) is -0.355. The van der Waals surface area contributed by atoms with Crippen molar-refractivity contribution in [3.63, 3.8) is 0 Å². The number of amides is 2. The van der Waals surface area contributed by atoms with Crippen LogP contribution in [0.15, 0.2) is 30.5 Å². The molecule has 5 nitrogen and oxygen atoms in total. The third-order valence-corrected chi connectivity index (χ3v) is 3.20. The Morgan fingerprint density at radius 3 is 2.47 bits per heavy atom. The smallest absolute Gasteiger partial charge is 0.267 e. The van der Waals surface area contributed by atoms with E-state index in [2.05, 4.69) is 15.6 Å². The first-order valence-electron chi connectivity index (χ1n) is 5.66. The van der Waals surface area contributed by atoms with Gasteiger partial charge in [0.2, 0.25) is 5.91 Å². The minimum absolute atomic E-state index is 0.151. The first kappa shape index (κ1) is 13.2. The van der Waals surface area contributed by atoms with Crippen molar-refractivity contribution < 1.29 is 9.59 Å². The number of hydrogen-bond acceptors (Lipinski definition) is 4. The van der Waals surface area contributed by atoms with E-state index >= 15 is 0 Å². The van der Waals surface area contributed by atoms with Crippen molar-refractivity contribution in [1.82, 2.24) is 4.98 Å². The second-order valence-corrected chi connectivity index (χ2v) is 5.19. The van der Waals surface area contributed by atoms with Gasteiger partial charge >= 0.3 is 0 Å².